The zero-order valence-electron chi connectivity index (χ0n) is 12.4. The van der Waals surface area contributed by atoms with Crippen LogP contribution in [-0.2, 0) is 9.84 Å². The van der Waals surface area contributed by atoms with E-state index in [1.807, 2.05) is 19.9 Å². The van der Waals surface area contributed by atoms with Gasteiger partial charge in [-0.15, -0.1) is 0 Å². The quantitative estimate of drug-likeness (QED) is 0.631. The number of sulfone groups is 1. The highest BCUT2D eigenvalue weighted by atomic mass is 32.2. The van der Waals surface area contributed by atoms with Crippen molar-refractivity contribution in [1.29, 1.82) is 0 Å². The smallest absolute Gasteiger partial charge is 0.343 e. The molecule has 0 bridgehead atoms. The van der Waals surface area contributed by atoms with Gasteiger partial charge in [0.25, 0.3) is 0 Å². The lowest BCUT2D eigenvalue weighted by molar-refractivity contribution is 0.0734. The van der Waals surface area contributed by atoms with Gasteiger partial charge in [-0.3, -0.25) is 0 Å². The van der Waals surface area contributed by atoms with E-state index < -0.39 is 26.5 Å². The predicted octanol–water partition coefficient (Wildman–Crippen LogP) is 3.52. The molecule has 0 aliphatic heterocycles. The molecular formula is C16H14F2O4S. The van der Waals surface area contributed by atoms with Crippen molar-refractivity contribution in [3.63, 3.8) is 0 Å². The van der Waals surface area contributed by atoms with Crippen LogP contribution in [-0.4, -0.2) is 20.1 Å². The maximum absolute atomic E-state index is 12.4. The van der Waals surface area contributed by atoms with Crippen molar-refractivity contribution >= 4 is 15.8 Å². The Bertz CT molecular complexity index is 807. The molecule has 0 heterocycles. The van der Waals surface area contributed by atoms with Crippen LogP contribution in [0.5, 0.6) is 5.75 Å². The van der Waals surface area contributed by atoms with Gasteiger partial charge in [-0.1, -0.05) is 6.07 Å². The molecule has 2 aromatic rings. The molecule has 0 aromatic heterocycles. The number of aryl methyl sites for hydroxylation is 2. The van der Waals surface area contributed by atoms with Crippen LogP contribution in [0.15, 0.2) is 47.4 Å². The van der Waals surface area contributed by atoms with E-state index in [9.17, 15) is 22.0 Å². The summed E-state index contributed by atoms with van der Waals surface area (Å²) >= 11 is 0. The summed E-state index contributed by atoms with van der Waals surface area (Å²) in [5, 5.41) is 0. The summed E-state index contributed by atoms with van der Waals surface area (Å²) in [6, 6.07) is 9.47. The van der Waals surface area contributed by atoms with Crippen LogP contribution in [0.4, 0.5) is 8.78 Å². The second kappa shape index (κ2) is 6.45. The maximum atomic E-state index is 12.4. The van der Waals surface area contributed by atoms with Gasteiger partial charge in [0.15, 0.2) is 0 Å². The van der Waals surface area contributed by atoms with E-state index in [-0.39, 0.29) is 5.56 Å². The van der Waals surface area contributed by atoms with Gasteiger partial charge in [-0.25, -0.2) is 13.2 Å². The summed E-state index contributed by atoms with van der Waals surface area (Å²) in [6.07, 6.45) is 0. The monoisotopic (exact) mass is 340 g/mol. The van der Waals surface area contributed by atoms with Crippen LogP contribution in [0.2, 0.25) is 0 Å². The molecule has 0 aliphatic rings. The fraction of sp³-hybridized carbons (Fsp3) is 0.188. The standard InChI is InChI=1S/C16H14F2O4S/c1-10-7-11(2)9-13(8-10)22-15(19)12-3-5-14(6-4-12)23(20,21)16(17)18/h3-9,16H,1-2H3. The number of alkyl halides is 2. The number of halogens is 2. The Kier molecular flexibility index (Phi) is 4.79. The summed E-state index contributed by atoms with van der Waals surface area (Å²) in [7, 11) is -4.67. The van der Waals surface area contributed by atoms with Gasteiger partial charge in [-0.05, 0) is 61.4 Å². The Morgan fingerprint density at radius 3 is 2.00 bits per heavy atom. The van der Waals surface area contributed by atoms with E-state index in [0.717, 1.165) is 35.4 Å². The Morgan fingerprint density at radius 2 is 1.52 bits per heavy atom. The van der Waals surface area contributed by atoms with Gasteiger partial charge in [0.1, 0.15) is 5.75 Å². The fourth-order valence-electron chi connectivity index (χ4n) is 2.04. The predicted molar refractivity (Wildman–Crippen MR) is 80.5 cm³/mol. The molecule has 0 spiro atoms. The van der Waals surface area contributed by atoms with Gasteiger partial charge < -0.3 is 4.74 Å². The number of carbonyl (C=O) groups excluding carboxylic acids is 1. The van der Waals surface area contributed by atoms with Gasteiger partial charge in [0.2, 0.25) is 9.84 Å². The molecule has 0 N–H and O–H groups in total. The molecule has 0 amide bonds. The molecule has 2 rings (SSSR count). The van der Waals surface area contributed by atoms with Crippen LogP contribution in [0.1, 0.15) is 21.5 Å². The van der Waals surface area contributed by atoms with Crippen molar-refractivity contribution in [1.82, 2.24) is 0 Å². The van der Waals surface area contributed by atoms with E-state index in [0.29, 0.717) is 5.75 Å². The third-order valence-electron chi connectivity index (χ3n) is 3.06. The lowest BCUT2D eigenvalue weighted by Crippen LogP contribution is -2.12. The lowest BCUT2D eigenvalue weighted by Gasteiger charge is -2.07. The highest BCUT2D eigenvalue weighted by molar-refractivity contribution is 7.91. The van der Waals surface area contributed by atoms with Crippen molar-refractivity contribution in [3.05, 3.63) is 59.2 Å². The number of hydrogen-bond donors (Lipinski definition) is 0. The topological polar surface area (TPSA) is 60.4 Å². The van der Waals surface area contributed by atoms with E-state index in [1.54, 1.807) is 12.1 Å². The lowest BCUT2D eigenvalue weighted by atomic mass is 10.1. The summed E-state index contributed by atoms with van der Waals surface area (Å²) in [5.74, 6) is -3.84. The van der Waals surface area contributed by atoms with Crippen LogP contribution in [0.3, 0.4) is 0 Å². The third kappa shape index (κ3) is 3.92. The third-order valence-corrected chi connectivity index (χ3v) is 4.46. The largest absolute Gasteiger partial charge is 0.423 e. The number of rotatable bonds is 4. The number of hydrogen-bond acceptors (Lipinski definition) is 4. The summed E-state index contributed by atoms with van der Waals surface area (Å²) in [6.45, 7) is 3.71. The molecule has 0 saturated heterocycles. The Labute approximate surface area is 132 Å². The van der Waals surface area contributed by atoms with Gasteiger partial charge in [0.05, 0.1) is 10.5 Å². The minimum Gasteiger partial charge on any atom is -0.423 e. The molecule has 122 valence electrons. The second-order valence-corrected chi connectivity index (χ2v) is 6.96. The minimum absolute atomic E-state index is 0.0670. The molecule has 7 heteroatoms. The Morgan fingerprint density at radius 1 is 1.00 bits per heavy atom. The molecule has 0 unspecified atom stereocenters. The van der Waals surface area contributed by atoms with Gasteiger partial charge in [0, 0.05) is 0 Å². The van der Waals surface area contributed by atoms with Crippen molar-refractivity contribution in [2.75, 3.05) is 0 Å². The molecule has 0 atom stereocenters. The normalized spacial score (nSPS) is 11.5. The number of benzene rings is 2. The molecule has 23 heavy (non-hydrogen) atoms. The summed E-state index contributed by atoms with van der Waals surface area (Å²) in [5.41, 5.74) is 1.91. The molecular weight excluding hydrogens is 326 g/mol. The highest BCUT2D eigenvalue weighted by Gasteiger charge is 2.26. The number of esters is 1. The van der Waals surface area contributed by atoms with Crippen molar-refractivity contribution in [2.45, 2.75) is 24.5 Å². The summed E-state index contributed by atoms with van der Waals surface area (Å²) < 4.78 is 52.7. The van der Waals surface area contributed by atoms with Crippen LogP contribution < -0.4 is 4.74 Å². The maximum Gasteiger partial charge on any atom is 0.343 e. The van der Waals surface area contributed by atoms with Crippen LogP contribution >= 0.6 is 0 Å². The first-order valence-electron chi connectivity index (χ1n) is 6.63. The van der Waals surface area contributed by atoms with Crippen molar-refractivity contribution in [3.8, 4) is 5.75 Å². The second-order valence-electron chi connectivity index (χ2n) is 5.04. The Balaban J connectivity index is 2.21. The van der Waals surface area contributed by atoms with Crippen molar-refractivity contribution < 1.29 is 26.7 Å². The van der Waals surface area contributed by atoms with E-state index >= 15 is 0 Å². The first-order chi connectivity index (χ1) is 10.7. The van der Waals surface area contributed by atoms with Crippen LogP contribution in [0, 0.1) is 13.8 Å². The van der Waals surface area contributed by atoms with Crippen molar-refractivity contribution in [2.24, 2.45) is 0 Å². The molecule has 4 nitrogen and oxygen atoms in total. The molecule has 0 saturated carbocycles. The van der Waals surface area contributed by atoms with Crippen LogP contribution in [0.25, 0.3) is 0 Å². The fourth-order valence-corrected chi connectivity index (χ4v) is 2.76. The highest BCUT2D eigenvalue weighted by Crippen LogP contribution is 2.20. The van der Waals surface area contributed by atoms with Gasteiger partial charge >= 0.3 is 11.7 Å². The summed E-state index contributed by atoms with van der Waals surface area (Å²) in [4.78, 5) is 11.5. The average Bonchev–Trinajstić information content (AvgIpc) is 2.46. The molecule has 0 radical (unpaired) electrons. The number of carbonyl (C=O) groups is 1. The molecule has 0 fully saturated rings. The average molecular weight is 340 g/mol. The molecule has 0 aliphatic carbocycles. The molecule has 2 aromatic carbocycles. The van der Waals surface area contributed by atoms with E-state index in [2.05, 4.69) is 0 Å². The SMILES string of the molecule is Cc1cc(C)cc(OC(=O)c2ccc(S(=O)(=O)C(F)F)cc2)c1. The van der Waals surface area contributed by atoms with E-state index in [1.165, 1.54) is 0 Å². The Hall–Kier alpha value is -2.28. The first kappa shape index (κ1) is 17.1. The zero-order valence-corrected chi connectivity index (χ0v) is 13.2. The first-order valence-corrected chi connectivity index (χ1v) is 8.17. The van der Waals surface area contributed by atoms with Gasteiger partial charge in [-0.2, -0.15) is 8.78 Å². The van der Waals surface area contributed by atoms with E-state index in [4.69, 9.17) is 4.74 Å². The minimum atomic E-state index is -4.67. The zero-order chi connectivity index (χ0) is 17.2. The number of ether oxygens (including phenoxy) is 1.